The largest absolute Gasteiger partial charge is 0.472 e. The zero-order valence-corrected chi connectivity index (χ0v) is 10.2. The van der Waals surface area contributed by atoms with Crippen LogP contribution < -0.4 is 11.3 Å². The van der Waals surface area contributed by atoms with E-state index in [-0.39, 0.29) is 6.04 Å². The van der Waals surface area contributed by atoms with Gasteiger partial charge >= 0.3 is 0 Å². The Morgan fingerprint density at radius 2 is 2.06 bits per heavy atom. The third-order valence-electron chi connectivity index (χ3n) is 2.67. The van der Waals surface area contributed by atoms with Crippen LogP contribution in [-0.4, -0.2) is 6.04 Å². The van der Waals surface area contributed by atoms with Crippen molar-refractivity contribution in [3.8, 4) is 0 Å². The predicted octanol–water partition coefficient (Wildman–Crippen LogP) is 2.55. The van der Waals surface area contributed by atoms with Crippen LogP contribution >= 0.6 is 11.6 Å². The van der Waals surface area contributed by atoms with E-state index in [4.69, 9.17) is 21.9 Å². The van der Waals surface area contributed by atoms with Crippen molar-refractivity contribution in [2.75, 3.05) is 0 Å². The Labute approximate surface area is 106 Å². The van der Waals surface area contributed by atoms with Crippen molar-refractivity contribution in [1.82, 2.24) is 5.43 Å². The highest BCUT2D eigenvalue weighted by molar-refractivity contribution is 6.30. The van der Waals surface area contributed by atoms with E-state index >= 15 is 0 Å². The summed E-state index contributed by atoms with van der Waals surface area (Å²) in [4.78, 5) is 0. The van der Waals surface area contributed by atoms with Gasteiger partial charge in [0.05, 0.1) is 12.5 Å². The maximum atomic E-state index is 5.95. The molecule has 0 saturated carbocycles. The molecule has 0 spiro atoms. The topological polar surface area (TPSA) is 51.2 Å². The van der Waals surface area contributed by atoms with Crippen LogP contribution in [0.1, 0.15) is 11.1 Å². The molecular weight excluding hydrogens is 236 g/mol. The highest BCUT2D eigenvalue weighted by Gasteiger charge is 2.09. The molecule has 1 unspecified atom stereocenters. The van der Waals surface area contributed by atoms with E-state index in [1.54, 1.807) is 12.5 Å². The van der Waals surface area contributed by atoms with Crippen molar-refractivity contribution in [3.63, 3.8) is 0 Å². The van der Waals surface area contributed by atoms with Gasteiger partial charge in [-0.15, -0.1) is 0 Å². The molecule has 90 valence electrons. The monoisotopic (exact) mass is 250 g/mol. The summed E-state index contributed by atoms with van der Waals surface area (Å²) < 4.78 is 5.04. The number of rotatable bonds is 5. The summed E-state index contributed by atoms with van der Waals surface area (Å²) in [5, 5.41) is 0.751. The first kappa shape index (κ1) is 12.2. The molecule has 0 amide bonds. The fourth-order valence-corrected chi connectivity index (χ4v) is 2.04. The molecule has 0 radical (unpaired) electrons. The Morgan fingerprint density at radius 3 is 2.71 bits per heavy atom. The minimum Gasteiger partial charge on any atom is -0.472 e. The Kier molecular flexibility index (Phi) is 4.20. The van der Waals surface area contributed by atoms with Gasteiger partial charge in [0.2, 0.25) is 0 Å². The van der Waals surface area contributed by atoms with Gasteiger partial charge in [0, 0.05) is 11.1 Å². The summed E-state index contributed by atoms with van der Waals surface area (Å²) in [6.45, 7) is 0. The Hall–Kier alpha value is -1.29. The number of hydrazine groups is 1. The summed E-state index contributed by atoms with van der Waals surface area (Å²) in [6.07, 6.45) is 5.08. The molecule has 1 aromatic heterocycles. The fourth-order valence-electron chi connectivity index (χ4n) is 1.83. The molecule has 1 atom stereocenters. The number of nitrogens with one attached hydrogen (secondary N) is 1. The maximum Gasteiger partial charge on any atom is 0.0935 e. The summed E-state index contributed by atoms with van der Waals surface area (Å²) >= 11 is 5.95. The zero-order chi connectivity index (χ0) is 12.1. The summed E-state index contributed by atoms with van der Waals surface area (Å²) in [5.74, 6) is 5.56. The number of hydrogen-bond acceptors (Lipinski definition) is 3. The molecule has 0 saturated heterocycles. The quantitative estimate of drug-likeness (QED) is 0.633. The lowest BCUT2D eigenvalue weighted by Crippen LogP contribution is -2.38. The lowest BCUT2D eigenvalue weighted by atomic mass is 10.0. The molecule has 1 aromatic carbocycles. The summed E-state index contributed by atoms with van der Waals surface area (Å²) in [7, 11) is 0. The standard InChI is InChI=1S/C13H15ClN2O/c14-12-3-1-2-10(6-12)7-13(16-15)8-11-4-5-17-9-11/h1-6,9,13,16H,7-8,15H2. The second-order valence-electron chi connectivity index (χ2n) is 4.03. The van der Waals surface area contributed by atoms with Gasteiger partial charge in [0.25, 0.3) is 0 Å². The van der Waals surface area contributed by atoms with E-state index in [2.05, 4.69) is 5.43 Å². The third-order valence-corrected chi connectivity index (χ3v) is 2.90. The van der Waals surface area contributed by atoms with Gasteiger partial charge in [0.1, 0.15) is 0 Å². The molecule has 2 rings (SSSR count). The van der Waals surface area contributed by atoms with Gasteiger partial charge in [-0.2, -0.15) is 0 Å². The molecule has 4 heteroatoms. The van der Waals surface area contributed by atoms with Gasteiger partial charge < -0.3 is 4.42 Å². The average Bonchev–Trinajstić information content (AvgIpc) is 2.81. The fraction of sp³-hybridized carbons (Fsp3) is 0.231. The van der Waals surface area contributed by atoms with Crippen LogP contribution in [0.4, 0.5) is 0 Å². The normalized spacial score (nSPS) is 12.6. The average molecular weight is 251 g/mol. The molecular formula is C13H15ClN2O. The summed E-state index contributed by atoms with van der Waals surface area (Å²) in [6, 6.07) is 9.94. The Morgan fingerprint density at radius 1 is 1.24 bits per heavy atom. The van der Waals surface area contributed by atoms with Crippen LogP contribution in [0, 0.1) is 0 Å². The van der Waals surface area contributed by atoms with E-state index in [0.717, 1.165) is 23.4 Å². The minimum absolute atomic E-state index is 0.172. The first-order chi connectivity index (χ1) is 8.28. The third kappa shape index (κ3) is 3.60. The predicted molar refractivity (Wildman–Crippen MR) is 68.7 cm³/mol. The van der Waals surface area contributed by atoms with E-state index in [0.29, 0.717) is 0 Å². The van der Waals surface area contributed by atoms with Crippen molar-refractivity contribution in [2.45, 2.75) is 18.9 Å². The number of furan rings is 1. The van der Waals surface area contributed by atoms with Crippen molar-refractivity contribution < 1.29 is 4.42 Å². The van der Waals surface area contributed by atoms with Crippen molar-refractivity contribution in [2.24, 2.45) is 5.84 Å². The van der Waals surface area contributed by atoms with Crippen LogP contribution in [0.25, 0.3) is 0 Å². The maximum absolute atomic E-state index is 5.95. The molecule has 0 aliphatic heterocycles. The number of benzene rings is 1. The first-order valence-corrected chi connectivity index (χ1v) is 5.87. The van der Waals surface area contributed by atoms with Crippen molar-refractivity contribution in [1.29, 1.82) is 0 Å². The van der Waals surface area contributed by atoms with Gasteiger partial charge in [-0.05, 0) is 42.2 Å². The zero-order valence-electron chi connectivity index (χ0n) is 9.40. The van der Waals surface area contributed by atoms with Crippen molar-refractivity contribution in [3.05, 3.63) is 59.0 Å². The van der Waals surface area contributed by atoms with E-state index in [1.165, 1.54) is 5.56 Å². The first-order valence-electron chi connectivity index (χ1n) is 5.49. The molecule has 3 nitrogen and oxygen atoms in total. The number of hydrogen-bond donors (Lipinski definition) is 2. The van der Waals surface area contributed by atoms with Gasteiger partial charge in [-0.25, -0.2) is 0 Å². The van der Waals surface area contributed by atoms with Crippen LogP contribution in [0.15, 0.2) is 47.3 Å². The van der Waals surface area contributed by atoms with Crippen LogP contribution in [0.3, 0.4) is 0 Å². The van der Waals surface area contributed by atoms with Crippen LogP contribution in [-0.2, 0) is 12.8 Å². The SMILES string of the molecule is NNC(Cc1ccoc1)Cc1cccc(Cl)c1. The van der Waals surface area contributed by atoms with E-state index in [9.17, 15) is 0 Å². The van der Waals surface area contributed by atoms with Crippen molar-refractivity contribution >= 4 is 11.6 Å². The van der Waals surface area contributed by atoms with E-state index < -0.39 is 0 Å². The van der Waals surface area contributed by atoms with Crippen LogP contribution in [0.2, 0.25) is 5.02 Å². The molecule has 2 aromatic rings. The number of halogens is 1. The molecule has 17 heavy (non-hydrogen) atoms. The molecule has 0 bridgehead atoms. The highest BCUT2D eigenvalue weighted by atomic mass is 35.5. The second-order valence-corrected chi connectivity index (χ2v) is 4.47. The molecule has 0 aliphatic rings. The smallest absolute Gasteiger partial charge is 0.0935 e. The van der Waals surface area contributed by atoms with E-state index in [1.807, 2.05) is 30.3 Å². The molecule has 1 heterocycles. The molecule has 0 aliphatic carbocycles. The van der Waals surface area contributed by atoms with Crippen LogP contribution in [0.5, 0.6) is 0 Å². The van der Waals surface area contributed by atoms with Gasteiger partial charge in [-0.1, -0.05) is 23.7 Å². The Bertz CT molecular complexity index is 456. The lowest BCUT2D eigenvalue weighted by molar-refractivity contribution is 0.514. The highest BCUT2D eigenvalue weighted by Crippen LogP contribution is 2.14. The molecule has 0 fully saturated rings. The van der Waals surface area contributed by atoms with Gasteiger partial charge in [0.15, 0.2) is 0 Å². The van der Waals surface area contributed by atoms with Gasteiger partial charge in [-0.3, -0.25) is 11.3 Å². The number of nitrogens with two attached hydrogens (primary N) is 1. The lowest BCUT2D eigenvalue weighted by Gasteiger charge is -2.15. The summed E-state index contributed by atoms with van der Waals surface area (Å²) in [5.41, 5.74) is 5.13. The minimum atomic E-state index is 0.172. The molecule has 3 N–H and O–H groups in total. The second kappa shape index (κ2) is 5.87. The Balaban J connectivity index is 2.00.